The fraction of sp³-hybridized carbons (Fsp3) is 0.733. The van der Waals surface area contributed by atoms with Crippen LogP contribution in [0, 0.1) is 6.92 Å². The number of piperazine rings is 1. The van der Waals surface area contributed by atoms with Crippen LogP contribution in [0.1, 0.15) is 38.2 Å². The molecule has 0 amide bonds. The summed E-state index contributed by atoms with van der Waals surface area (Å²) in [7, 11) is 0. The summed E-state index contributed by atoms with van der Waals surface area (Å²) in [6, 6.07) is 3.46. The molecular formula is C15H24N4. The van der Waals surface area contributed by atoms with E-state index in [2.05, 4.69) is 39.7 Å². The Morgan fingerprint density at radius 1 is 1.32 bits per heavy atom. The summed E-state index contributed by atoms with van der Waals surface area (Å²) in [6.07, 6.45) is 3.68. The number of hydrogen-bond donors (Lipinski definition) is 0. The fourth-order valence-corrected chi connectivity index (χ4v) is 3.45. The molecule has 2 fully saturated rings. The predicted octanol–water partition coefficient (Wildman–Crippen LogP) is 2.02. The fourth-order valence-electron chi connectivity index (χ4n) is 3.45. The molecule has 0 radical (unpaired) electrons. The van der Waals surface area contributed by atoms with E-state index in [0.29, 0.717) is 6.04 Å². The third-order valence-corrected chi connectivity index (χ3v) is 4.47. The van der Waals surface area contributed by atoms with Crippen molar-refractivity contribution in [1.29, 1.82) is 0 Å². The van der Waals surface area contributed by atoms with Crippen LogP contribution in [0.2, 0.25) is 0 Å². The van der Waals surface area contributed by atoms with Crippen molar-refractivity contribution in [3.05, 3.63) is 17.6 Å². The summed E-state index contributed by atoms with van der Waals surface area (Å²) < 4.78 is 0. The van der Waals surface area contributed by atoms with E-state index in [0.717, 1.165) is 36.3 Å². The molecule has 0 saturated carbocycles. The van der Waals surface area contributed by atoms with Gasteiger partial charge in [-0.1, -0.05) is 6.92 Å². The Balaban J connectivity index is 1.86. The second-order valence-electron chi connectivity index (χ2n) is 5.91. The van der Waals surface area contributed by atoms with Gasteiger partial charge < -0.3 is 4.90 Å². The average molecular weight is 260 g/mol. The zero-order valence-electron chi connectivity index (χ0n) is 12.3. The summed E-state index contributed by atoms with van der Waals surface area (Å²) in [5.41, 5.74) is 1.16. The zero-order chi connectivity index (χ0) is 13.4. The van der Waals surface area contributed by atoms with Crippen LogP contribution in [0.25, 0.3) is 0 Å². The van der Waals surface area contributed by atoms with Crippen molar-refractivity contribution < 1.29 is 0 Å². The van der Waals surface area contributed by atoms with Crippen molar-refractivity contribution in [2.45, 2.75) is 52.1 Å². The lowest BCUT2D eigenvalue weighted by atomic mass is 10.1. The molecule has 0 aromatic carbocycles. The quantitative estimate of drug-likeness (QED) is 0.814. The Labute approximate surface area is 115 Å². The van der Waals surface area contributed by atoms with Crippen molar-refractivity contribution in [1.82, 2.24) is 14.9 Å². The normalized spacial score (nSPS) is 27.6. The molecule has 0 aliphatic carbocycles. The van der Waals surface area contributed by atoms with Crippen LogP contribution in [0.15, 0.2) is 6.07 Å². The number of rotatable bonds is 2. The van der Waals surface area contributed by atoms with Crippen LogP contribution in [-0.4, -0.2) is 46.6 Å². The minimum atomic E-state index is 0.549. The van der Waals surface area contributed by atoms with Gasteiger partial charge in [-0.15, -0.1) is 0 Å². The summed E-state index contributed by atoms with van der Waals surface area (Å²) in [5, 5.41) is 0. The number of aryl methyl sites for hydroxylation is 2. The molecule has 4 heteroatoms. The topological polar surface area (TPSA) is 32.3 Å². The van der Waals surface area contributed by atoms with E-state index in [1.165, 1.54) is 25.9 Å². The minimum absolute atomic E-state index is 0.549. The first-order valence-corrected chi connectivity index (χ1v) is 7.52. The van der Waals surface area contributed by atoms with Gasteiger partial charge in [0.15, 0.2) is 0 Å². The molecule has 0 spiro atoms. The van der Waals surface area contributed by atoms with Crippen molar-refractivity contribution in [2.75, 3.05) is 24.5 Å². The molecule has 1 aromatic heterocycles. The number of fused-ring (bicyclic) bond motifs is 1. The molecule has 4 nitrogen and oxygen atoms in total. The van der Waals surface area contributed by atoms with E-state index in [4.69, 9.17) is 0 Å². The van der Waals surface area contributed by atoms with Crippen LogP contribution in [0.5, 0.6) is 0 Å². The molecule has 0 bridgehead atoms. The third kappa shape index (κ3) is 2.46. The SMILES string of the molecule is CCc1cc(N2CC3CCCN3CC2C)nc(C)n1. The van der Waals surface area contributed by atoms with E-state index in [1.54, 1.807) is 0 Å². The lowest BCUT2D eigenvalue weighted by molar-refractivity contribution is 0.202. The first kappa shape index (κ1) is 12.9. The van der Waals surface area contributed by atoms with Crippen molar-refractivity contribution in [3.8, 4) is 0 Å². The highest BCUT2D eigenvalue weighted by Crippen LogP contribution is 2.27. The maximum atomic E-state index is 4.67. The largest absolute Gasteiger partial charge is 0.351 e. The summed E-state index contributed by atoms with van der Waals surface area (Å²) >= 11 is 0. The Bertz CT molecular complexity index is 459. The number of aromatic nitrogens is 2. The van der Waals surface area contributed by atoms with Crippen molar-refractivity contribution >= 4 is 5.82 Å². The van der Waals surface area contributed by atoms with Crippen molar-refractivity contribution in [2.24, 2.45) is 0 Å². The predicted molar refractivity (Wildman–Crippen MR) is 77.6 cm³/mol. The second kappa shape index (κ2) is 5.08. The van der Waals surface area contributed by atoms with Gasteiger partial charge in [0.2, 0.25) is 0 Å². The van der Waals surface area contributed by atoms with Gasteiger partial charge in [0.25, 0.3) is 0 Å². The van der Waals surface area contributed by atoms with Crippen molar-refractivity contribution in [3.63, 3.8) is 0 Å². The van der Waals surface area contributed by atoms with Crippen LogP contribution in [0.3, 0.4) is 0 Å². The Morgan fingerprint density at radius 3 is 2.95 bits per heavy atom. The standard InChI is InChI=1S/C15H24N4/c1-4-13-8-15(17-12(3)16-13)19-10-14-6-5-7-18(14)9-11(19)2/h8,11,14H,4-7,9-10H2,1-3H3. The first-order valence-electron chi connectivity index (χ1n) is 7.52. The maximum Gasteiger partial charge on any atom is 0.132 e. The maximum absolute atomic E-state index is 4.67. The molecule has 3 heterocycles. The molecule has 3 rings (SSSR count). The molecule has 104 valence electrons. The second-order valence-corrected chi connectivity index (χ2v) is 5.91. The van der Waals surface area contributed by atoms with E-state index in [-0.39, 0.29) is 0 Å². The van der Waals surface area contributed by atoms with E-state index in [9.17, 15) is 0 Å². The van der Waals surface area contributed by atoms with Crippen LogP contribution < -0.4 is 4.90 Å². The first-order chi connectivity index (χ1) is 9.17. The molecule has 19 heavy (non-hydrogen) atoms. The molecule has 1 aromatic rings. The Hall–Kier alpha value is -1.16. The summed E-state index contributed by atoms with van der Waals surface area (Å²) in [4.78, 5) is 14.3. The Kier molecular flexibility index (Phi) is 3.44. The van der Waals surface area contributed by atoms with Gasteiger partial charge in [0.05, 0.1) is 0 Å². The molecule has 0 N–H and O–H groups in total. The summed E-state index contributed by atoms with van der Waals surface area (Å²) in [6.45, 7) is 10.1. The number of hydrogen-bond acceptors (Lipinski definition) is 4. The highest BCUT2D eigenvalue weighted by atomic mass is 15.3. The number of nitrogens with zero attached hydrogens (tertiary/aromatic N) is 4. The molecule has 2 saturated heterocycles. The van der Waals surface area contributed by atoms with E-state index >= 15 is 0 Å². The van der Waals surface area contributed by atoms with Crippen LogP contribution in [0.4, 0.5) is 5.82 Å². The average Bonchev–Trinajstić information content (AvgIpc) is 2.84. The van der Waals surface area contributed by atoms with Gasteiger partial charge in [0.1, 0.15) is 11.6 Å². The van der Waals surface area contributed by atoms with Gasteiger partial charge in [-0.25, -0.2) is 9.97 Å². The highest BCUT2D eigenvalue weighted by molar-refractivity contribution is 5.42. The molecule has 2 atom stereocenters. The van der Waals surface area contributed by atoms with Gasteiger partial charge in [-0.3, -0.25) is 4.90 Å². The highest BCUT2D eigenvalue weighted by Gasteiger charge is 2.34. The molecule has 2 aliphatic heterocycles. The third-order valence-electron chi connectivity index (χ3n) is 4.47. The van der Waals surface area contributed by atoms with Gasteiger partial charge in [-0.2, -0.15) is 0 Å². The van der Waals surface area contributed by atoms with Crippen LogP contribution in [-0.2, 0) is 6.42 Å². The Morgan fingerprint density at radius 2 is 2.16 bits per heavy atom. The molecular weight excluding hydrogens is 236 g/mol. The van der Waals surface area contributed by atoms with Gasteiger partial charge in [0, 0.05) is 36.9 Å². The van der Waals surface area contributed by atoms with Gasteiger partial charge in [-0.05, 0) is 39.7 Å². The lowest BCUT2D eigenvalue weighted by Crippen LogP contribution is -2.55. The summed E-state index contributed by atoms with van der Waals surface area (Å²) in [5.74, 6) is 2.03. The monoisotopic (exact) mass is 260 g/mol. The van der Waals surface area contributed by atoms with E-state index in [1.807, 2.05) is 6.92 Å². The lowest BCUT2D eigenvalue weighted by Gasteiger charge is -2.43. The smallest absolute Gasteiger partial charge is 0.132 e. The minimum Gasteiger partial charge on any atom is -0.351 e. The van der Waals surface area contributed by atoms with Gasteiger partial charge >= 0.3 is 0 Å². The molecule has 2 aliphatic rings. The zero-order valence-corrected chi connectivity index (χ0v) is 12.3. The number of anilines is 1. The van der Waals surface area contributed by atoms with E-state index < -0.39 is 0 Å². The molecule has 2 unspecified atom stereocenters. The van der Waals surface area contributed by atoms with Crippen LogP contribution >= 0.6 is 0 Å².